The molecule has 0 saturated carbocycles. The molecule has 3 rings (SSSR count). The summed E-state index contributed by atoms with van der Waals surface area (Å²) in [6.07, 6.45) is 9.52. The van der Waals surface area contributed by atoms with Crippen LogP contribution < -0.4 is 9.47 Å². The quantitative estimate of drug-likeness (QED) is 0.673. The first-order valence-electron chi connectivity index (χ1n) is 7.80. The molecule has 0 aliphatic heterocycles. The van der Waals surface area contributed by atoms with Gasteiger partial charge in [-0.05, 0) is 59.9 Å². The highest BCUT2D eigenvalue weighted by Crippen LogP contribution is 2.38. The van der Waals surface area contributed by atoms with Gasteiger partial charge in [0, 0.05) is 17.7 Å². The number of hydrogen-bond donors (Lipinski definition) is 1. The lowest BCUT2D eigenvalue weighted by molar-refractivity contribution is -0.377. The summed E-state index contributed by atoms with van der Waals surface area (Å²) >= 11 is 0. The molecule has 0 amide bonds. The van der Waals surface area contributed by atoms with Crippen molar-refractivity contribution < 1.29 is 19.5 Å². The Balaban J connectivity index is 1.98. The molecule has 1 aromatic carbocycles. The number of hydrogen-bond acceptors (Lipinski definition) is 5. The normalized spacial score (nSPS) is 15.9. The minimum atomic E-state index is -0.433. The van der Waals surface area contributed by atoms with Gasteiger partial charge in [-0.2, -0.15) is 4.90 Å². The first kappa shape index (κ1) is 16.7. The van der Waals surface area contributed by atoms with Crippen molar-refractivity contribution in [1.82, 2.24) is 0 Å². The lowest BCUT2D eigenvalue weighted by atomic mass is 9.88. The van der Waals surface area contributed by atoms with E-state index in [9.17, 15) is 15.5 Å². The average molecular weight is 340 g/mol. The molecule has 0 bridgehead atoms. The van der Waals surface area contributed by atoms with E-state index in [1.807, 2.05) is 12.1 Å². The van der Waals surface area contributed by atoms with Gasteiger partial charge in [-0.15, -0.1) is 0 Å². The van der Waals surface area contributed by atoms with Crippen LogP contribution in [0, 0.1) is 10.4 Å². The number of methoxy groups -OCH3 is 2. The van der Waals surface area contributed by atoms with E-state index in [2.05, 4.69) is 0 Å². The van der Waals surface area contributed by atoms with Gasteiger partial charge in [0.25, 0.3) is 0 Å². The zero-order valence-corrected chi connectivity index (χ0v) is 14.0. The smallest absolute Gasteiger partial charge is 0.222 e. The second-order valence-electron chi connectivity index (χ2n) is 5.73. The molecule has 25 heavy (non-hydrogen) atoms. The Labute approximate surface area is 145 Å². The fraction of sp³-hybridized carbons (Fsp3) is 0.211. The fourth-order valence-corrected chi connectivity index (χ4v) is 2.94. The van der Waals surface area contributed by atoms with Gasteiger partial charge >= 0.3 is 0 Å². The third-order valence-corrected chi connectivity index (χ3v) is 4.28. The number of aliphatic hydroxyl groups is 1. The van der Waals surface area contributed by atoms with E-state index in [-0.39, 0.29) is 11.5 Å². The first-order valence-corrected chi connectivity index (χ1v) is 7.80. The van der Waals surface area contributed by atoms with E-state index in [1.165, 1.54) is 12.2 Å². The minimum Gasteiger partial charge on any atom is -0.612 e. The number of rotatable bonds is 3. The van der Waals surface area contributed by atoms with Crippen LogP contribution in [0.1, 0.15) is 17.5 Å². The molecular formula is C19H18NO5-. The van der Waals surface area contributed by atoms with Crippen LogP contribution in [-0.2, 0) is 6.42 Å². The molecule has 1 N–H and O–H groups in total. The van der Waals surface area contributed by atoms with E-state index >= 15 is 0 Å². The van der Waals surface area contributed by atoms with Crippen molar-refractivity contribution >= 4 is 11.5 Å². The Morgan fingerprint density at radius 3 is 2.24 bits per heavy atom. The maximum Gasteiger partial charge on any atom is 0.222 e. The van der Waals surface area contributed by atoms with Gasteiger partial charge < -0.3 is 25.0 Å². The topological polar surface area (TPSA) is 87.8 Å². The molecule has 6 nitrogen and oxygen atoms in total. The van der Waals surface area contributed by atoms with Crippen LogP contribution in [0.2, 0.25) is 0 Å². The number of ether oxygens (including phenoxy) is 2. The van der Waals surface area contributed by atoms with Crippen molar-refractivity contribution in [3.8, 4) is 11.5 Å². The molecule has 2 aliphatic rings. The van der Waals surface area contributed by atoms with Crippen molar-refractivity contribution in [1.29, 1.82) is 0 Å². The molecule has 0 atom stereocenters. The number of nitrogens with zero attached hydrogens (tertiary/aromatic N) is 1. The molecule has 0 fully saturated rings. The highest BCUT2D eigenvalue weighted by molar-refractivity contribution is 6.02. The number of aliphatic hydroxyl groups excluding tert-OH is 1. The van der Waals surface area contributed by atoms with Gasteiger partial charge in [-0.3, -0.25) is 0 Å². The summed E-state index contributed by atoms with van der Waals surface area (Å²) in [6.45, 7) is 0. The standard InChI is InChI=1S/C19H18NO5/c1-24-17-10-13-5-6-14(19(21)16(13)11-18(17)25-2)9-12-3-7-15(8-4-12)20(22)23/h3-4,7-11H,5-6H2,1-2H3,(H-,21,22,23)/q-1. The van der Waals surface area contributed by atoms with Crippen LogP contribution in [-0.4, -0.2) is 29.9 Å². The van der Waals surface area contributed by atoms with Crippen LogP contribution in [0.4, 0.5) is 0 Å². The molecule has 0 aromatic heterocycles. The average Bonchev–Trinajstić information content (AvgIpc) is 2.63. The third-order valence-electron chi connectivity index (χ3n) is 4.28. The van der Waals surface area contributed by atoms with E-state index in [4.69, 9.17) is 9.47 Å². The van der Waals surface area contributed by atoms with Crippen LogP contribution in [0.3, 0.4) is 0 Å². The minimum absolute atomic E-state index is 0.0428. The third kappa shape index (κ3) is 3.24. The Hall–Kier alpha value is -3.15. The number of aryl methyl sites for hydroxylation is 1. The van der Waals surface area contributed by atoms with Gasteiger partial charge in [-0.25, -0.2) is 0 Å². The lowest BCUT2D eigenvalue weighted by Gasteiger charge is -2.20. The maximum atomic E-state index is 10.7. The van der Waals surface area contributed by atoms with Gasteiger partial charge in [-0.1, -0.05) is 0 Å². The molecule has 0 spiro atoms. The van der Waals surface area contributed by atoms with Crippen molar-refractivity contribution in [2.45, 2.75) is 12.8 Å². The lowest BCUT2D eigenvalue weighted by Crippen LogP contribution is -2.07. The zero-order chi connectivity index (χ0) is 18.0. The van der Waals surface area contributed by atoms with Crippen molar-refractivity contribution in [2.24, 2.45) is 0 Å². The number of benzene rings is 1. The van der Waals surface area contributed by atoms with E-state index in [0.29, 0.717) is 17.9 Å². The molecule has 0 radical (unpaired) electrons. The zero-order valence-electron chi connectivity index (χ0n) is 14.0. The van der Waals surface area contributed by atoms with Gasteiger partial charge in [0.2, 0.25) is 5.71 Å². The van der Waals surface area contributed by atoms with Crippen LogP contribution in [0.5, 0.6) is 11.5 Å². The molecule has 0 saturated heterocycles. The highest BCUT2D eigenvalue weighted by Gasteiger charge is 2.21. The van der Waals surface area contributed by atoms with E-state index in [0.717, 1.165) is 28.7 Å². The van der Waals surface area contributed by atoms with Crippen molar-refractivity contribution in [3.63, 3.8) is 0 Å². The van der Waals surface area contributed by atoms with Crippen LogP contribution in [0.25, 0.3) is 5.76 Å². The Kier molecular flexibility index (Phi) is 4.52. The number of fused-ring (bicyclic) bond motifs is 1. The Bertz CT molecular complexity index is 837. The Morgan fingerprint density at radius 1 is 1.00 bits per heavy atom. The van der Waals surface area contributed by atoms with E-state index < -0.39 is 4.90 Å². The predicted molar refractivity (Wildman–Crippen MR) is 95.8 cm³/mol. The van der Waals surface area contributed by atoms with Crippen molar-refractivity contribution in [2.75, 3.05) is 14.2 Å². The van der Waals surface area contributed by atoms with Gasteiger partial charge in [0.05, 0.1) is 14.2 Å². The summed E-state index contributed by atoms with van der Waals surface area (Å²) in [5.74, 6) is 1.39. The molecule has 1 aromatic rings. The summed E-state index contributed by atoms with van der Waals surface area (Å²) in [5, 5.41) is 32.1. The summed E-state index contributed by atoms with van der Waals surface area (Å²) < 4.78 is 10.6. The second kappa shape index (κ2) is 6.76. The van der Waals surface area contributed by atoms with E-state index in [1.54, 1.807) is 32.4 Å². The fourth-order valence-electron chi connectivity index (χ4n) is 2.94. The number of allylic oxidation sites excluding steroid dienone is 7. The molecular weight excluding hydrogens is 322 g/mol. The van der Waals surface area contributed by atoms with Gasteiger partial charge in [0.1, 0.15) is 5.76 Å². The second-order valence-corrected chi connectivity index (χ2v) is 5.73. The predicted octanol–water partition coefficient (Wildman–Crippen LogP) is 3.42. The SMILES string of the molecule is COc1cc2c(cc1OC)C(O)=C(C=C1C=CC(=[N+]([O-])[O-])C=C1)CC2. The summed E-state index contributed by atoms with van der Waals surface area (Å²) in [7, 11) is 3.13. The molecule has 6 heteroatoms. The van der Waals surface area contributed by atoms with Crippen molar-refractivity contribution in [3.05, 3.63) is 75.2 Å². The summed E-state index contributed by atoms with van der Waals surface area (Å²) in [5.41, 5.74) is 3.35. The largest absolute Gasteiger partial charge is 0.612 e. The van der Waals surface area contributed by atoms with Gasteiger partial charge in [0.15, 0.2) is 11.5 Å². The first-order chi connectivity index (χ1) is 12.0. The molecule has 0 heterocycles. The highest BCUT2D eigenvalue weighted by atomic mass is 16.8. The van der Waals surface area contributed by atoms with Crippen LogP contribution in [0.15, 0.2) is 53.7 Å². The molecule has 2 aliphatic carbocycles. The Morgan fingerprint density at radius 2 is 1.64 bits per heavy atom. The monoisotopic (exact) mass is 340 g/mol. The summed E-state index contributed by atoms with van der Waals surface area (Å²) in [4.78, 5) is -0.433. The van der Waals surface area contributed by atoms with Crippen LogP contribution >= 0.6 is 0 Å². The summed E-state index contributed by atoms with van der Waals surface area (Å²) in [6, 6.07) is 3.65. The molecule has 130 valence electrons. The maximum absolute atomic E-state index is 10.7. The molecule has 0 unspecified atom stereocenters.